The van der Waals surface area contributed by atoms with Crippen molar-refractivity contribution >= 4 is 16.1 Å². The lowest BCUT2D eigenvalue weighted by atomic mass is 9.79. The number of rotatable bonds is 7. The third kappa shape index (κ3) is 5.53. The average molecular weight is 396 g/mol. The molecule has 2 atom stereocenters. The van der Waals surface area contributed by atoms with E-state index in [9.17, 15) is 13.2 Å². The van der Waals surface area contributed by atoms with Crippen LogP contribution in [0.4, 0.5) is 0 Å². The van der Waals surface area contributed by atoms with E-state index in [4.69, 9.17) is 0 Å². The summed E-state index contributed by atoms with van der Waals surface area (Å²) in [4.78, 5) is 12.7. The molecule has 0 unspecified atom stereocenters. The van der Waals surface area contributed by atoms with Gasteiger partial charge in [0.15, 0.2) is 0 Å². The van der Waals surface area contributed by atoms with E-state index in [0.717, 1.165) is 12.8 Å². The number of nitrogens with one attached hydrogen (secondary N) is 1. The number of nitrogens with zero attached hydrogens (tertiary/aromatic N) is 2. The van der Waals surface area contributed by atoms with Crippen LogP contribution in [0.1, 0.15) is 45.6 Å². The van der Waals surface area contributed by atoms with Crippen LogP contribution in [0.3, 0.4) is 0 Å². The van der Waals surface area contributed by atoms with Crippen molar-refractivity contribution in [3.8, 4) is 0 Å². The Morgan fingerprint density at radius 3 is 2.52 bits per heavy atom. The Morgan fingerprint density at radius 1 is 1.30 bits per heavy atom. The molecule has 27 heavy (non-hydrogen) atoms. The fourth-order valence-electron chi connectivity index (χ4n) is 3.78. The van der Waals surface area contributed by atoms with Gasteiger partial charge in [-0.25, -0.2) is 0 Å². The van der Waals surface area contributed by atoms with E-state index < -0.39 is 10.2 Å². The van der Waals surface area contributed by atoms with Gasteiger partial charge in [0.05, 0.1) is 5.92 Å². The van der Waals surface area contributed by atoms with E-state index >= 15 is 0 Å². The maximum absolute atomic E-state index is 12.7. The second-order valence-corrected chi connectivity index (χ2v) is 10.5. The summed E-state index contributed by atoms with van der Waals surface area (Å²) >= 11 is 0. The van der Waals surface area contributed by atoms with Crippen molar-refractivity contribution in [3.05, 3.63) is 35.9 Å². The molecule has 1 amide bonds. The standard InChI is InChI=1S/C20H33N3O3S/c1-16(14-20(2,3)18-11-7-6-8-12-18)21-19(24)17-10-9-13-23(15-17)27(25,26)22(4)5/h6-8,11-12,16-17H,9-10,13-15H2,1-5H3,(H,21,24)/t16-,17+/m1/s1. The third-order valence-electron chi connectivity index (χ3n) is 5.30. The van der Waals surface area contributed by atoms with Crippen LogP contribution in [-0.4, -0.2) is 56.2 Å². The topological polar surface area (TPSA) is 69.7 Å². The first-order valence-corrected chi connectivity index (χ1v) is 11.0. The lowest BCUT2D eigenvalue weighted by Crippen LogP contribution is -2.50. The van der Waals surface area contributed by atoms with Gasteiger partial charge >= 0.3 is 0 Å². The Kier molecular flexibility index (Phi) is 7.05. The van der Waals surface area contributed by atoms with Crippen molar-refractivity contribution in [3.63, 3.8) is 0 Å². The quantitative estimate of drug-likeness (QED) is 0.771. The summed E-state index contributed by atoms with van der Waals surface area (Å²) in [5.41, 5.74) is 1.19. The fourth-order valence-corrected chi connectivity index (χ4v) is 4.97. The van der Waals surface area contributed by atoms with E-state index in [1.807, 2.05) is 25.1 Å². The molecule has 2 rings (SSSR count). The first-order valence-electron chi connectivity index (χ1n) is 9.57. The van der Waals surface area contributed by atoms with Gasteiger partial charge in [0, 0.05) is 33.2 Å². The first-order chi connectivity index (χ1) is 12.5. The van der Waals surface area contributed by atoms with Gasteiger partial charge in [0.25, 0.3) is 10.2 Å². The zero-order valence-electron chi connectivity index (χ0n) is 17.1. The molecule has 1 heterocycles. The molecule has 0 spiro atoms. The lowest BCUT2D eigenvalue weighted by Gasteiger charge is -2.34. The third-order valence-corrected chi connectivity index (χ3v) is 7.21. The SMILES string of the molecule is C[C@H](CC(C)(C)c1ccccc1)NC(=O)[C@H]1CCCN(S(=O)(=O)N(C)C)C1. The molecule has 0 radical (unpaired) electrons. The minimum Gasteiger partial charge on any atom is -0.353 e. The molecule has 6 nitrogen and oxygen atoms in total. The van der Waals surface area contributed by atoms with Crippen molar-refractivity contribution in [2.75, 3.05) is 27.2 Å². The van der Waals surface area contributed by atoms with Crippen LogP contribution in [0.2, 0.25) is 0 Å². The Balaban J connectivity index is 1.96. The van der Waals surface area contributed by atoms with Crippen molar-refractivity contribution < 1.29 is 13.2 Å². The summed E-state index contributed by atoms with van der Waals surface area (Å²) < 4.78 is 27.3. The van der Waals surface area contributed by atoms with Crippen LogP contribution in [-0.2, 0) is 20.4 Å². The van der Waals surface area contributed by atoms with E-state index in [1.54, 1.807) is 0 Å². The Hall–Kier alpha value is -1.44. The normalized spacial score (nSPS) is 20.4. The second-order valence-electron chi connectivity index (χ2n) is 8.35. The van der Waals surface area contributed by atoms with Crippen molar-refractivity contribution in [2.24, 2.45) is 5.92 Å². The number of piperidine rings is 1. The molecule has 1 aliphatic heterocycles. The minimum absolute atomic E-state index is 0.00791. The number of hydrogen-bond acceptors (Lipinski definition) is 3. The van der Waals surface area contributed by atoms with Crippen LogP contribution in [0, 0.1) is 5.92 Å². The highest BCUT2D eigenvalue weighted by atomic mass is 32.2. The van der Waals surface area contributed by atoms with Gasteiger partial charge in [-0.3, -0.25) is 4.79 Å². The average Bonchev–Trinajstić information content (AvgIpc) is 2.61. The highest BCUT2D eigenvalue weighted by molar-refractivity contribution is 7.86. The van der Waals surface area contributed by atoms with Gasteiger partial charge in [0.2, 0.25) is 5.91 Å². The molecule has 0 aromatic heterocycles. The van der Waals surface area contributed by atoms with Gasteiger partial charge in [-0.05, 0) is 37.2 Å². The van der Waals surface area contributed by atoms with Gasteiger partial charge < -0.3 is 5.32 Å². The van der Waals surface area contributed by atoms with Gasteiger partial charge in [0.1, 0.15) is 0 Å². The molecule has 1 aliphatic rings. The van der Waals surface area contributed by atoms with Gasteiger partial charge in [-0.15, -0.1) is 0 Å². The molecular weight excluding hydrogens is 362 g/mol. The predicted molar refractivity (Wildman–Crippen MR) is 109 cm³/mol. The summed E-state index contributed by atoms with van der Waals surface area (Å²) in [5, 5.41) is 3.10. The summed E-state index contributed by atoms with van der Waals surface area (Å²) in [6.45, 7) is 7.09. The molecule has 0 aliphatic carbocycles. The molecule has 1 aromatic rings. The van der Waals surface area contributed by atoms with E-state index in [1.165, 1.54) is 28.3 Å². The smallest absolute Gasteiger partial charge is 0.281 e. The molecule has 152 valence electrons. The summed E-state index contributed by atoms with van der Waals surface area (Å²) in [6.07, 6.45) is 2.24. The summed E-state index contributed by atoms with van der Waals surface area (Å²) in [5.74, 6) is -0.346. The molecule has 1 aromatic carbocycles. The van der Waals surface area contributed by atoms with Crippen LogP contribution in [0.15, 0.2) is 30.3 Å². The predicted octanol–water partition coefficient (Wildman–Crippen LogP) is 2.38. The molecule has 0 saturated carbocycles. The lowest BCUT2D eigenvalue weighted by molar-refractivity contribution is -0.126. The van der Waals surface area contributed by atoms with Crippen LogP contribution in [0.5, 0.6) is 0 Å². The molecular formula is C20H33N3O3S. The fraction of sp³-hybridized carbons (Fsp3) is 0.650. The Morgan fingerprint density at radius 2 is 1.93 bits per heavy atom. The summed E-state index contributed by atoms with van der Waals surface area (Å²) in [7, 11) is -0.432. The molecule has 1 N–H and O–H groups in total. The molecule has 1 fully saturated rings. The molecule has 7 heteroatoms. The first kappa shape index (κ1) is 21.9. The maximum Gasteiger partial charge on any atom is 0.281 e. The monoisotopic (exact) mass is 395 g/mol. The highest BCUT2D eigenvalue weighted by Gasteiger charge is 2.34. The number of carbonyl (C=O) groups excluding carboxylic acids is 1. The van der Waals surface area contributed by atoms with Crippen molar-refractivity contribution in [1.29, 1.82) is 0 Å². The van der Waals surface area contributed by atoms with Gasteiger partial charge in [-0.2, -0.15) is 17.0 Å². The summed E-state index contributed by atoms with van der Waals surface area (Å²) in [6, 6.07) is 10.3. The van der Waals surface area contributed by atoms with Crippen molar-refractivity contribution in [1.82, 2.24) is 13.9 Å². The minimum atomic E-state index is -3.47. The number of carbonyl (C=O) groups is 1. The van der Waals surface area contributed by atoms with Crippen molar-refractivity contribution in [2.45, 2.75) is 51.5 Å². The zero-order valence-corrected chi connectivity index (χ0v) is 17.9. The molecule has 0 bridgehead atoms. The molecule has 1 saturated heterocycles. The van der Waals surface area contributed by atoms with Gasteiger partial charge in [-0.1, -0.05) is 44.2 Å². The van der Waals surface area contributed by atoms with Crippen LogP contribution >= 0.6 is 0 Å². The van der Waals surface area contributed by atoms with E-state index in [2.05, 4.69) is 31.3 Å². The number of amides is 1. The maximum atomic E-state index is 12.7. The number of benzene rings is 1. The number of hydrogen-bond donors (Lipinski definition) is 1. The second kappa shape index (κ2) is 8.71. The van der Waals surface area contributed by atoms with E-state index in [0.29, 0.717) is 13.0 Å². The van der Waals surface area contributed by atoms with Crippen LogP contribution in [0.25, 0.3) is 0 Å². The highest BCUT2D eigenvalue weighted by Crippen LogP contribution is 2.28. The largest absolute Gasteiger partial charge is 0.353 e. The zero-order chi connectivity index (χ0) is 20.2. The van der Waals surface area contributed by atoms with Crippen LogP contribution < -0.4 is 5.32 Å². The Labute approximate surface area is 164 Å². The van der Waals surface area contributed by atoms with E-state index in [-0.39, 0.29) is 29.8 Å². The Bertz CT molecular complexity index is 732.